The topological polar surface area (TPSA) is 49.3 Å². The number of anilines is 1. The van der Waals surface area contributed by atoms with Gasteiger partial charge in [0.2, 0.25) is 0 Å². The van der Waals surface area contributed by atoms with Crippen LogP contribution in [0.3, 0.4) is 0 Å². The average molecular weight is 410 g/mol. The maximum Gasteiger partial charge on any atom is 0.155 e. The molecule has 0 bridgehead atoms. The van der Waals surface area contributed by atoms with Gasteiger partial charge in [-0.15, -0.1) is 0 Å². The third-order valence-corrected chi connectivity index (χ3v) is 9.87. The van der Waals surface area contributed by atoms with Gasteiger partial charge in [0, 0.05) is 11.6 Å². The highest BCUT2D eigenvalue weighted by Crippen LogP contribution is 2.64. The molecule has 0 amide bonds. The maximum atomic E-state index is 13.2. The van der Waals surface area contributed by atoms with Gasteiger partial charge in [-0.1, -0.05) is 25.1 Å². The third-order valence-electron chi connectivity index (χ3n) is 9.87. The number of aliphatic hydroxyl groups is 1. The largest absolute Gasteiger partial charge is 0.390 e. The number of carbonyl (C=O) groups is 1. The van der Waals surface area contributed by atoms with Crippen LogP contribution < -0.4 is 5.32 Å². The Bertz CT molecular complexity index is 774. The lowest BCUT2D eigenvalue weighted by atomic mass is 9.49. The van der Waals surface area contributed by atoms with Crippen molar-refractivity contribution in [2.45, 2.75) is 77.2 Å². The molecule has 5 rings (SSSR count). The van der Waals surface area contributed by atoms with Gasteiger partial charge in [-0.3, -0.25) is 4.79 Å². The summed E-state index contributed by atoms with van der Waals surface area (Å²) in [5.74, 6) is 4.58. The van der Waals surface area contributed by atoms with Crippen LogP contribution in [0.15, 0.2) is 30.3 Å². The second-order valence-electron chi connectivity index (χ2n) is 11.5. The smallest absolute Gasteiger partial charge is 0.155 e. The molecule has 30 heavy (non-hydrogen) atoms. The molecule has 4 aliphatic carbocycles. The van der Waals surface area contributed by atoms with Crippen LogP contribution in [0.5, 0.6) is 0 Å². The highest BCUT2D eigenvalue weighted by molar-refractivity contribution is 5.86. The molecule has 1 aromatic rings. The molecule has 0 aliphatic heterocycles. The minimum atomic E-state index is -0.437. The van der Waals surface area contributed by atoms with Gasteiger partial charge in [0.1, 0.15) is 0 Å². The summed E-state index contributed by atoms with van der Waals surface area (Å²) in [6.45, 7) is 4.96. The Morgan fingerprint density at radius 2 is 1.73 bits per heavy atom. The molecule has 1 unspecified atom stereocenters. The molecule has 4 fully saturated rings. The first-order valence-electron chi connectivity index (χ1n) is 12.4. The zero-order chi connectivity index (χ0) is 20.9. The van der Waals surface area contributed by atoms with E-state index in [0.717, 1.165) is 54.5 Å². The van der Waals surface area contributed by atoms with Gasteiger partial charge in [0.25, 0.3) is 0 Å². The van der Waals surface area contributed by atoms with Gasteiger partial charge in [-0.2, -0.15) is 0 Å². The number of benzene rings is 1. The van der Waals surface area contributed by atoms with Crippen molar-refractivity contribution in [2.75, 3.05) is 11.9 Å². The van der Waals surface area contributed by atoms with Crippen molar-refractivity contribution in [3.05, 3.63) is 30.3 Å². The first-order valence-corrected chi connectivity index (χ1v) is 12.4. The van der Waals surface area contributed by atoms with Gasteiger partial charge >= 0.3 is 0 Å². The van der Waals surface area contributed by atoms with Crippen molar-refractivity contribution >= 4 is 11.5 Å². The summed E-state index contributed by atoms with van der Waals surface area (Å²) in [6.07, 6.45) is 10.7. The van der Waals surface area contributed by atoms with Gasteiger partial charge in [-0.25, -0.2) is 0 Å². The van der Waals surface area contributed by atoms with E-state index in [1.165, 1.54) is 38.5 Å². The van der Waals surface area contributed by atoms with Crippen LogP contribution >= 0.6 is 0 Å². The second-order valence-corrected chi connectivity index (χ2v) is 11.5. The fraction of sp³-hybridized carbons (Fsp3) is 0.741. The van der Waals surface area contributed by atoms with E-state index in [4.69, 9.17) is 0 Å². The first kappa shape index (κ1) is 20.5. The molecule has 2 N–H and O–H groups in total. The molecular formula is C27H39NO2. The first-order chi connectivity index (χ1) is 14.4. The van der Waals surface area contributed by atoms with Crippen LogP contribution in [0.25, 0.3) is 0 Å². The van der Waals surface area contributed by atoms with Gasteiger partial charge in [0.15, 0.2) is 5.78 Å². The molecule has 3 heteroatoms. The summed E-state index contributed by atoms with van der Waals surface area (Å²) < 4.78 is 0. The quantitative estimate of drug-likeness (QED) is 0.672. The summed E-state index contributed by atoms with van der Waals surface area (Å²) in [6, 6.07) is 10.1. The average Bonchev–Trinajstić information content (AvgIpc) is 3.09. The highest BCUT2D eigenvalue weighted by atomic mass is 16.3. The molecule has 4 saturated carbocycles. The van der Waals surface area contributed by atoms with Crippen LogP contribution in [-0.2, 0) is 4.79 Å². The van der Waals surface area contributed by atoms with E-state index in [1.54, 1.807) is 0 Å². The van der Waals surface area contributed by atoms with E-state index in [9.17, 15) is 9.90 Å². The van der Waals surface area contributed by atoms with Crippen molar-refractivity contribution in [1.29, 1.82) is 0 Å². The Morgan fingerprint density at radius 1 is 0.967 bits per heavy atom. The maximum absolute atomic E-state index is 13.2. The lowest BCUT2D eigenvalue weighted by Gasteiger charge is -2.56. The zero-order valence-corrected chi connectivity index (χ0v) is 18.8. The summed E-state index contributed by atoms with van der Waals surface area (Å²) in [4.78, 5) is 13.2. The number of fused-ring (bicyclic) bond motifs is 5. The van der Waals surface area contributed by atoms with Crippen molar-refractivity contribution in [3.8, 4) is 0 Å². The predicted molar refractivity (Wildman–Crippen MR) is 121 cm³/mol. The minimum absolute atomic E-state index is 0.198. The standard InChI is InChI=1S/C27H39NO2/c1-26(30)14-12-20-18(16-26)8-9-22-21(20)13-15-27(2)23(22)10-11-24(27)25(29)17-28-19-6-4-3-5-7-19/h3-7,18,20-24,28,30H,8-17H2,1-2H3/t18-,20+,21-,22?,23+,24-,26-,27+/m1/s1. The number of hydrogen-bond acceptors (Lipinski definition) is 3. The molecule has 0 saturated heterocycles. The molecule has 4 aliphatic rings. The SMILES string of the molecule is C[C@@]1(O)CC[C@H]2[C@H](CCC3[C@@H]2CC[C@]2(C)[C@@H](C(=O)CNc4ccccc4)CC[C@@H]32)C1. The summed E-state index contributed by atoms with van der Waals surface area (Å²) in [5.41, 5.74) is 0.804. The zero-order valence-electron chi connectivity index (χ0n) is 18.8. The fourth-order valence-corrected chi connectivity index (χ4v) is 8.48. The Morgan fingerprint density at radius 3 is 2.53 bits per heavy atom. The Kier molecular flexibility index (Phi) is 5.24. The number of nitrogens with one attached hydrogen (secondary N) is 1. The number of ketones is 1. The number of carbonyl (C=O) groups excluding carboxylic acids is 1. The molecule has 0 heterocycles. The van der Waals surface area contributed by atoms with E-state index >= 15 is 0 Å². The molecule has 0 radical (unpaired) electrons. The van der Waals surface area contributed by atoms with Crippen molar-refractivity contribution in [2.24, 2.45) is 40.9 Å². The number of hydrogen-bond donors (Lipinski definition) is 2. The molecule has 164 valence electrons. The summed E-state index contributed by atoms with van der Waals surface area (Å²) >= 11 is 0. The second kappa shape index (κ2) is 7.65. The molecular weight excluding hydrogens is 370 g/mol. The van der Waals surface area contributed by atoms with Crippen molar-refractivity contribution < 1.29 is 9.90 Å². The molecule has 0 spiro atoms. The van der Waals surface area contributed by atoms with Crippen molar-refractivity contribution in [3.63, 3.8) is 0 Å². The van der Waals surface area contributed by atoms with Crippen molar-refractivity contribution in [1.82, 2.24) is 0 Å². The van der Waals surface area contributed by atoms with Crippen LogP contribution in [-0.4, -0.2) is 23.0 Å². The minimum Gasteiger partial charge on any atom is -0.390 e. The lowest BCUT2D eigenvalue weighted by molar-refractivity contribution is -0.130. The van der Waals surface area contributed by atoms with Crippen LogP contribution in [0.2, 0.25) is 0 Å². The fourth-order valence-electron chi connectivity index (χ4n) is 8.48. The molecule has 3 nitrogen and oxygen atoms in total. The normalized spacial score (nSPS) is 45.2. The summed E-state index contributed by atoms with van der Waals surface area (Å²) in [5, 5.41) is 13.9. The number of para-hydroxylation sites is 1. The van der Waals surface area contributed by atoms with Gasteiger partial charge in [0.05, 0.1) is 12.1 Å². The van der Waals surface area contributed by atoms with Gasteiger partial charge in [-0.05, 0) is 112 Å². The van der Waals surface area contributed by atoms with Crippen LogP contribution in [0.4, 0.5) is 5.69 Å². The van der Waals surface area contributed by atoms with Crippen LogP contribution in [0, 0.1) is 40.9 Å². The van der Waals surface area contributed by atoms with Crippen LogP contribution in [0.1, 0.15) is 71.6 Å². The third kappa shape index (κ3) is 3.51. The van der Waals surface area contributed by atoms with E-state index in [1.807, 2.05) is 37.3 Å². The highest BCUT2D eigenvalue weighted by Gasteiger charge is 2.58. The van der Waals surface area contributed by atoms with Gasteiger partial charge < -0.3 is 10.4 Å². The molecule has 1 aromatic carbocycles. The van der Waals surface area contributed by atoms with E-state index in [0.29, 0.717) is 12.3 Å². The number of rotatable bonds is 4. The monoisotopic (exact) mass is 409 g/mol. The predicted octanol–water partition coefficient (Wildman–Crippen LogP) is 5.69. The molecule has 0 aromatic heterocycles. The Labute approximate surface area is 182 Å². The van der Waals surface area contributed by atoms with E-state index < -0.39 is 5.60 Å². The van der Waals surface area contributed by atoms with E-state index in [-0.39, 0.29) is 11.3 Å². The Balaban J connectivity index is 1.27. The Hall–Kier alpha value is -1.35. The number of Topliss-reactive ketones (excluding diaryl/α,β-unsaturated/α-hetero) is 1. The van der Waals surface area contributed by atoms with E-state index in [2.05, 4.69) is 12.2 Å². The lowest BCUT2D eigenvalue weighted by Crippen LogP contribution is -2.51. The summed E-state index contributed by atoms with van der Waals surface area (Å²) in [7, 11) is 0. The molecule has 8 atom stereocenters.